The third-order valence-electron chi connectivity index (χ3n) is 5.73. The highest BCUT2D eigenvalue weighted by atomic mass is 35.5. The second-order valence-corrected chi connectivity index (χ2v) is 7.87. The second kappa shape index (κ2) is 8.03. The summed E-state index contributed by atoms with van der Waals surface area (Å²) in [5, 5.41) is 13.7. The molecule has 2 aromatic carbocycles. The van der Waals surface area contributed by atoms with Crippen molar-refractivity contribution in [2.24, 2.45) is 0 Å². The fourth-order valence-electron chi connectivity index (χ4n) is 4.19. The Bertz CT molecular complexity index is 1200. The first-order valence-electron chi connectivity index (χ1n) is 9.96. The average molecular weight is 427 g/mol. The number of pyridine rings is 1. The standard InChI is InChI=1S/C23H23ClN2O4/c1-3-26-12-17(23(28)29)22(27)16-10-20(18(24)11-21(16)26)25-19-6-4-5-13-9-14(30-2)7-8-15(13)19/h7-12,19,25H,3-6H2,1-2H3,(H,28,29). The molecule has 2 N–H and O–H groups in total. The molecule has 3 aromatic rings. The summed E-state index contributed by atoms with van der Waals surface area (Å²) in [7, 11) is 1.66. The second-order valence-electron chi connectivity index (χ2n) is 7.47. The van der Waals surface area contributed by atoms with Gasteiger partial charge in [0.2, 0.25) is 5.43 Å². The van der Waals surface area contributed by atoms with Crippen LogP contribution in [0.1, 0.15) is 47.3 Å². The number of carboxylic acids is 1. The molecule has 4 rings (SSSR count). The van der Waals surface area contributed by atoms with Crippen LogP contribution in [-0.2, 0) is 13.0 Å². The molecule has 1 unspecified atom stereocenters. The van der Waals surface area contributed by atoms with Crippen molar-refractivity contribution >= 4 is 34.2 Å². The van der Waals surface area contributed by atoms with Gasteiger partial charge in [0.1, 0.15) is 11.3 Å². The summed E-state index contributed by atoms with van der Waals surface area (Å²) in [6.07, 6.45) is 4.32. The van der Waals surface area contributed by atoms with Crippen LogP contribution < -0.4 is 15.5 Å². The van der Waals surface area contributed by atoms with Gasteiger partial charge in [-0.2, -0.15) is 0 Å². The molecule has 7 heteroatoms. The normalized spacial score (nSPS) is 15.6. The smallest absolute Gasteiger partial charge is 0.341 e. The SMILES string of the molecule is CCn1cc(C(=O)O)c(=O)c2cc(NC3CCCc4cc(OC)ccc43)c(Cl)cc21. The first-order valence-corrected chi connectivity index (χ1v) is 10.3. The van der Waals surface area contributed by atoms with E-state index in [2.05, 4.69) is 17.4 Å². The fraction of sp³-hybridized carbons (Fsp3) is 0.304. The number of halogens is 1. The molecular formula is C23H23ClN2O4. The summed E-state index contributed by atoms with van der Waals surface area (Å²) < 4.78 is 7.07. The first-order chi connectivity index (χ1) is 14.4. The van der Waals surface area contributed by atoms with Gasteiger partial charge in [-0.15, -0.1) is 0 Å². The van der Waals surface area contributed by atoms with Crippen molar-refractivity contribution in [2.75, 3.05) is 12.4 Å². The van der Waals surface area contributed by atoms with E-state index in [0.29, 0.717) is 28.2 Å². The number of benzene rings is 2. The Balaban J connectivity index is 1.79. The van der Waals surface area contributed by atoms with Crippen LogP contribution in [0.15, 0.2) is 41.3 Å². The van der Waals surface area contributed by atoms with Crippen molar-refractivity contribution in [3.05, 3.63) is 68.5 Å². The molecule has 1 atom stereocenters. The van der Waals surface area contributed by atoms with Crippen LogP contribution in [0, 0.1) is 0 Å². The van der Waals surface area contributed by atoms with Crippen molar-refractivity contribution in [1.82, 2.24) is 4.57 Å². The molecule has 1 aromatic heterocycles. The Labute approximate surface area is 179 Å². The number of anilines is 1. The van der Waals surface area contributed by atoms with E-state index in [1.54, 1.807) is 23.8 Å². The highest BCUT2D eigenvalue weighted by Crippen LogP contribution is 2.37. The Morgan fingerprint density at radius 3 is 2.83 bits per heavy atom. The Morgan fingerprint density at radius 1 is 1.33 bits per heavy atom. The van der Waals surface area contributed by atoms with Crippen LogP contribution >= 0.6 is 11.6 Å². The molecule has 0 aliphatic heterocycles. The van der Waals surface area contributed by atoms with Gasteiger partial charge in [0.05, 0.1) is 29.4 Å². The molecule has 0 amide bonds. The van der Waals surface area contributed by atoms with Crippen LogP contribution in [0.4, 0.5) is 5.69 Å². The first kappa shape index (κ1) is 20.3. The molecular weight excluding hydrogens is 404 g/mol. The van der Waals surface area contributed by atoms with Gasteiger partial charge in [-0.25, -0.2) is 4.79 Å². The number of methoxy groups -OCH3 is 1. The Hall–Kier alpha value is -2.99. The maximum atomic E-state index is 12.8. The summed E-state index contributed by atoms with van der Waals surface area (Å²) in [4.78, 5) is 24.3. The van der Waals surface area contributed by atoms with Crippen LogP contribution in [0.25, 0.3) is 10.9 Å². The number of rotatable bonds is 5. The van der Waals surface area contributed by atoms with Gasteiger partial charge in [-0.1, -0.05) is 17.7 Å². The number of nitrogens with zero attached hydrogens (tertiary/aromatic N) is 1. The van der Waals surface area contributed by atoms with E-state index in [0.717, 1.165) is 25.0 Å². The van der Waals surface area contributed by atoms with Crippen molar-refractivity contribution in [1.29, 1.82) is 0 Å². The van der Waals surface area contributed by atoms with Gasteiger partial charge in [0, 0.05) is 18.1 Å². The lowest BCUT2D eigenvalue weighted by atomic mass is 9.87. The van der Waals surface area contributed by atoms with Crippen molar-refractivity contribution in [3.8, 4) is 5.75 Å². The van der Waals surface area contributed by atoms with Gasteiger partial charge in [0.25, 0.3) is 0 Å². The number of aromatic nitrogens is 1. The molecule has 0 saturated carbocycles. The molecule has 1 aliphatic carbocycles. The summed E-state index contributed by atoms with van der Waals surface area (Å²) in [6, 6.07) is 9.52. The molecule has 6 nitrogen and oxygen atoms in total. The van der Waals surface area contributed by atoms with Crippen LogP contribution in [0.3, 0.4) is 0 Å². The third-order valence-corrected chi connectivity index (χ3v) is 6.05. The zero-order valence-electron chi connectivity index (χ0n) is 16.9. The van der Waals surface area contributed by atoms with E-state index < -0.39 is 11.4 Å². The molecule has 156 valence electrons. The number of fused-ring (bicyclic) bond motifs is 2. The molecule has 0 spiro atoms. The molecule has 0 radical (unpaired) electrons. The zero-order valence-corrected chi connectivity index (χ0v) is 17.6. The minimum atomic E-state index is -1.23. The van der Waals surface area contributed by atoms with E-state index in [1.165, 1.54) is 17.3 Å². The molecule has 1 heterocycles. The minimum Gasteiger partial charge on any atom is -0.497 e. The number of hydrogen-bond donors (Lipinski definition) is 2. The monoisotopic (exact) mass is 426 g/mol. The lowest BCUT2D eigenvalue weighted by molar-refractivity contribution is 0.0695. The lowest BCUT2D eigenvalue weighted by Crippen LogP contribution is -2.20. The van der Waals surface area contributed by atoms with Crippen molar-refractivity contribution in [3.63, 3.8) is 0 Å². The Kier molecular flexibility index (Phi) is 5.43. The van der Waals surface area contributed by atoms with E-state index in [1.807, 2.05) is 13.0 Å². The van der Waals surface area contributed by atoms with E-state index in [-0.39, 0.29) is 11.6 Å². The quantitative estimate of drug-likeness (QED) is 0.608. The number of aryl methyl sites for hydroxylation is 2. The number of carboxylic acid groups (broad SMARTS) is 1. The van der Waals surface area contributed by atoms with Crippen molar-refractivity contribution < 1.29 is 14.6 Å². The summed E-state index contributed by atoms with van der Waals surface area (Å²) in [5.41, 5.74) is 2.92. The topological polar surface area (TPSA) is 80.6 Å². The predicted octanol–water partition coefficient (Wildman–Crippen LogP) is 4.87. The summed E-state index contributed by atoms with van der Waals surface area (Å²) >= 11 is 6.57. The van der Waals surface area contributed by atoms with Gasteiger partial charge in [-0.3, -0.25) is 4.79 Å². The maximum absolute atomic E-state index is 12.8. The van der Waals surface area contributed by atoms with Crippen LogP contribution in [0.2, 0.25) is 5.02 Å². The largest absolute Gasteiger partial charge is 0.497 e. The maximum Gasteiger partial charge on any atom is 0.341 e. The molecule has 30 heavy (non-hydrogen) atoms. The average Bonchev–Trinajstić information content (AvgIpc) is 2.74. The van der Waals surface area contributed by atoms with E-state index in [9.17, 15) is 14.7 Å². The highest BCUT2D eigenvalue weighted by Gasteiger charge is 2.22. The van der Waals surface area contributed by atoms with Gasteiger partial charge < -0.3 is 19.7 Å². The summed E-state index contributed by atoms with van der Waals surface area (Å²) in [6.45, 7) is 2.42. The number of carbonyl (C=O) groups is 1. The lowest BCUT2D eigenvalue weighted by Gasteiger charge is -2.28. The zero-order chi connectivity index (χ0) is 21.4. The predicted molar refractivity (Wildman–Crippen MR) is 118 cm³/mol. The number of hydrogen-bond acceptors (Lipinski definition) is 4. The number of aromatic carboxylic acids is 1. The minimum absolute atomic E-state index is 0.0469. The van der Waals surface area contributed by atoms with Crippen molar-refractivity contribution in [2.45, 2.75) is 38.8 Å². The number of nitrogens with one attached hydrogen (secondary N) is 1. The molecule has 0 bridgehead atoms. The van der Waals surface area contributed by atoms with Gasteiger partial charge >= 0.3 is 5.97 Å². The highest BCUT2D eigenvalue weighted by molar-refractivity contribution is 6.34. The fourth-order valence-corrected chi connectivity index (χ4v) is 4.40. The molecule has 1 aliphatic rings. The molecule has 0 fully saturated rings. The van der Waals surface area contributed by atoms with Crippen LogP contribution in [-0.4, -0.2) is 22.8 Å². The molecule has 0 saturated heterocycles. The van der Waals surface area contributed by atoms with E-state index in [4.69, 9.17) is 16.3 Å². The van der Waals surface area contributed by atoms with Gasteiger partial charge in [0.15, 0.2) is 0 Å². The summed E-state index contributed by atoms with van der Waals surface area (Å²) in [5.74, 6) is -0.400. The van der Waals surface area contributed by atoms with Crippen LogP contribution in [0.5, 0.6) is 5.75 Å². The van der Waals surface area contributed by atoms with E-state index >= 15 is 0 Å². The van der Waals surface area contributed by atoms with Gasteiger partial charge in [-0.05, 0) is 61.6 Å². The third kappa shape index (κ3) is 3.52. The Morgan fingerprint density at radius 2 is 2.13 bits per heavy atom. The number of ether oxygens (including phenoxy) is 1.